The molecule has 1 rings (SSSR count). The minimum absolute atomic E-state index is 0.112. The third-order valence-corrected chi connectivity index (χ3v) is 3.32. The Morgan fingerprint density at radius 3 is 2.59 bits per heavy atom. The highest BCUT2D eigenvalue weighted by atomic mass is 19.1. The van der Waals surface area contributed by atoms with Crippen molar-refractivity contribution in [1.29, 1.82) is 0 Å². The van der Waals surface area contributed by atoms with Crippen LogP contribution in [-0.4, -0.2) is 47.1 Å². The molecule has 8 nitrogen and oxygen atoms in total. The van der Waals surface area contributed by atoms with E-state index >= 15 is 0 Å². The predicted octanol–water partition coefficient (Wildman–Crippen LogP) is 3.12. The van der Waals surface area contributed by atoms with Gasteiger partial charge in [-0.2, -0.15) is 0 Å². The first-order chi connectivity index (χ1) is 12.5. The Bertz CT molecular complexity index is 728. The molecule has 0 unspecified atom stereocenters. The van der Waals surface area contributed by atoms with E-state index in [0.29, 0.717) is 6.54 Å². The molecule has 0 aliphatic carbocycles. The molecular formula is C18H24FN3O5. The summed E-state index contributed by atoms with van der Waals surface area (Å²) in [5, 5.41) is 13.5. The van der Waals surface area contributed by atoms with E-state index < -0.39 is 34.0 Å². The van der Waals surface area contributed by atoms with Crippen LogP contribution in [0.15, 0.2) is 24.3 Å². The summed E-state index contributed by atoms with van der Waals surface area (Å²) in [5.41, 5.74) is -0.929. The van der Waals surface area contributed by atoms with Gasteiger partial charge in [0.25, 0.3) is 5.69 Å². The van der Waals surface area contributed by atoms with Crippen LogP contribution in [0.1, 0.15) is 33.3 Å². The van der Waals surface area contributed by atoms with Gasteiger partial charge >= 0.3 is 6.09 Å². The maximum Gasteiger partial charge on any atom is 0.410 e. The Morgan fingerprint density at radius 1 is 1.37 bits per heavy atom. The summed E-state index contributed by atoms with van der Waals surface area (Å²) in [6, 6.07) is 3.08. The topological polar surface area (TPSA) is 102 Å². The molecule has 0 aromatic heterocycles. The van der Waals surface area contributed by atoms with Crippen LogP contribution in [0.5, 0.6) is 0 Å². The van der Waals surface area contributed by atoms with E-state index in [1.807, 2.05) is 0 Å². The molecule has 0 spiro atoms. The zero-order chi connectivity index (χ0) is 20.6. The van der Waals surface area contributed by atoms with Crippen LogP contribution in [-0.2, 0) is 9.53 Å². The number of hydrogen-bond donors (Lipinski definition) is 1. The summed E-state index contributed by atoms with van der Waals surface area (Å²) in [4.78, 5) is 35.5. The van der Waals surface area contributed by atoms with E-state index in [1.165, 1.54) is 17.0 Å². The molecule has 0 heterocycles. The van der Waals surface area contributed by atoms with Gasteiger partial charge in [-0.15, -0.1) is 0 Å². The molecule has 0 bridgehead atoms. The number of amides is 2. The van der Waals surface area contributed by atoms with Gasteiger partial charge in [0.05, 0.1) is 16.6 Å². The number of rotatable bonds is 7. The Balaban J connectivity index is 2.59. The van der Waals surface area contributed by atoms with E-state index in [1.54, 1.807) is 27.7 Å². The monoisotopic (exact) mass is 381 g/mol. The lowest BCUT2D eigenvalue weighted by atomic mass is 10.1. The van der Waals surface area contributed by atoms with Crippen molar-refractivity contribution in [3.8, 4) is 0 Å². The normalized spacial score (nSPS) is 11.3. The van der Waals surface area contributed by atoms with Gasteiger partial charge in [-0.1, -0.05) is 0 Å². The lowest BCUT2D eigenvalue weighted by Crippen LogP contribution is -2.41. The molecule has 0 radical (unpaired) electrons. The van der Waals surface area contributed by atoms with Gasteiger partial charge in [-0.25, -0.2) is 9.18 Å². The lowest BCUT2D eigenvalue weighted by Gasteiger charge is -2.26. The van der Waals surface area contributed by atoms with Gasteiger partial charge in [0.1, 0.15) is 11.4 Å². The minimum Gasteiger partial charge on any atom is -0.444 e. The third-order valence-electron chi connectivity index (χ3n) is 3.32. The molecule has 1 aromatic carbocycles. The highest BCUT2D eigenvalue weighted by Crippen LogP contribution is 2.20. The van der Waals surface area contributed by atoms with Gasteiger partial charge in [0, 0.05) is 25.7 Å². The fraction of sp³-hybridized carbons (Fsp3) is 0.444. The smallest absolute Gasteiger partial charge is 0.410 e. The number of carbonyl (C=O) groups is 2. The number of carbonyl (C=O) groups excluding carboxylic acids is 2. The zero-order valence-electron chi connectivity index (χ0n) is 15.8. The SMILES string of the molecule is CCN(CCNC(=O)C=Cc1ccc(F)cc1[N+](=O)[O-])C(=O)OC(C)(C)C. The average Bonchev–Trinajstić information content (AvgIpc) is 2.55. The summed E-state index contributed by atoms with van der Waals surface area (Å²) in [7, 11) is 0. The molecule has 0 saturated heterocycles. The van der Waals surface area contributed by atoms with Crippen LogP contribution in [0.4, 0.5) is 14.9 Å². The Morgan fingerprint density at radius 2 is 2.04 bits per heavy atom. The molecule has 0 saturated carbocycles. The Labute approximate surface area is 157 Å². The summed E-state index contributed by atoms with van der Waals surface area (Å²) in [6.45, 7) is 7.94. The predicted molar refractivity (Wildman–Crippen MR) is 98.6 cm³/mol. The zero-order valence-corrected chi connectivity index (χ0v) is 15.8. The van der Waals surface area contributed by atoms with Crippen molar-refractivity contribution >= 4 is 23.8 Å². The number of nitrogens with one attached hydrogen (secondary N) is 1. The van der Waals surface area contributed by atoms with Crippen molar-refractivity contribution < 1.29 is 23.6 Å². The standard InChI is InChI=1S/C18H24FN3O5/c1-5-21(17(24)27-18(2,3)4)11-10-20-16(23)9-7-13-6-8-14(19)12-15(13)22(25)26/h6-9,12H,5,10-11H2,1-4H3,(H,20,23). The van der Waals surface area contributed by atoms with Gasteiger partial charge in [0.2, 0.25) is 5.91 Å². The van der Waals surface area contributed by atoms with Crippen LogP contribution >= 0.6 is 0 Å². The second-order valence-electron chi connectivity index (χ2n) is 6.64. The number of nitrogens with zero attached hydrogens (tertiary/aromatic N) is 2. The second-order valence-corrected chi connectivity index (χ2v) is 6.64. The van der Waals surface area contributed by atoms with Crippen LogP contribution in [0.3, 0.4) is 0 Å². The molecule has 1 aromatic rings. The van der Waals surface area contributed by atoms with Gasteiger partial charge in [-0.3, -0.25) is 14.9 Å². The largest absolute Gasteiger partial charge is 0.444 e. The molecule has 2 amide bonds. The fourth-order valence-electron chi connectivity index (χ4n) is 2.06. The summed E-state index contributed by atoms with van der Waals surface area (Å²) < 4.78 is 18.4. The van der Waals surface area contributed by atoms with E-state index in [9.17, 15) is 24.1 Å². The minimum atomic E-state index is -0.731. The fourth-order valence-corrected chi connectivity index (χ4v) is 2.06. The van der Waals surface area contributed by atoms with Crippen molar-refractivity contribution in [2.75, 3.05) is 19.6 Å². The van der Waals surface area contributed by atoms with E-state index in [-0.39, 0.29) is 18.7 Å². The number of benzene rings is 1. The van der Waals surface area contributed by atoms with Crippen molar-refractivity contribution in [2.24, 2.45) is 0 Å². The van der Waals surface area contributed by atoms with Crippen LogP contribution in [0.2, 0.25) is 0 Å². The Hall–Kier alpha value is -2.97. The molecule has 1 N–H and O–H groups in total. The molecule has 0 aliphatic rings. The maximum atomic E-state index is 13.1. The van der Waals surface area contributed by atoms with Crippen LogP contribution in [0.25, 0.3) is 6.08 Å². The molecular weight excluding hydrogens is 357 g/mol. The number of likely N-dealkylation sites (N-methyl/N-ethyl adjacent to an activating group) is 1. The first kappa shape index (κ1) is 22.1. The Kier molecular flexibility index (Phi) is 7.89. The molecule has 0 fully saturated rings. The first-order valence-corrected chi connectivity index (χ1v) is 8.41. The number of ether oxygens (including phenoxy) is 1. The molecule has 0 aliphatic heterocycles. The van der Waals surface area contributed by atoms with Crippen molar-refractivity contribution in [2.45, 2.75) is 33.3 Å². The molecule has 27 heavy (non-hydrogen) atoms. The van der Waals surface area contributed by atoms with Gasteiger partial charge in [-0.05, 0) is 45.9 Å². The van der Waals surface area contributed by atoms with E-state index in [4.69, 9.17) is 4.74 Å². The number of hydrogen-bond acceptors (Lipinski definition) is 5. The molecule has 148 valence electrons. The summed E-state index contributed by atoms with van der Waals surface area (Å²) in [5.74, 6) is -1.22. The number of nitro groups is 1. The molecule has 0 atom stereocenters. The van der Waals surface area contributed by atoms with Crippen molar-refractivity contribution in [3.63, 3.8) is 0 Å². The van der Waals surface area contributed by atoms with Crippen LogP contribution in [0, 0.1) is 15.9 Å². The molecule has 9 heteroatoms. The van der Waals surface area contributed by atoms with Crippen molar-refractivity contribution in [3.05, 3.63) is 45.8 Å². The van der Waals surface area contributed by atoms with Gasteiger partial charge in [0.15, 0.2) is 0 Å². The van der Waals surface area contributed by atoms with Crippen LogP contribution < -0.4 is 5.32 Å². The first-order valence-electron chi connectivity index (χ1n) is 8.41. The number of halogens is 1. The highest BCUT2D eigenvalue weighted by molar-refractivity contribution is 5.92. The van der Waals surface area contributed by atoms with E-state index in [2.05, 4.69) is 5.32 Å². The van der Waals surface area contributed by atoms with E-state index in [0.717, 1.165) is 18.2 Å². The highest BCUT2D eigenvalue weighted by Gasteiger charge is 2.20. The summed E-state index contributed by atoms with van der Waals surface area (Å²) in [6.07, 6.45) is 1.87. The van der Waals surface area contributed by atoms with Crippen molar-refractivity contribution in [1.82, 2.24) is 10.2 Å². The quantitative estimate of drug-likeness (QED) is 0.444. The summed E-state index contributed by atoms with van der Waals surface area (Å²) >= 11 is 0. The average molecular weight is 381 g/mol. The lowest BCUT2D eigenvalue weighted by molar-refractivity contribution is -0.385. The van der Waals surface area contributed by atoms with Gasteiger partial charge < -0.3 is 15.0 Å². The number of nitro benzene ring substituents is 1. The second kappa shape index (κ2) is 9.65. The maximum absolute atomic E-state index is 13.1. The third kappa shape index (κ3) is 7.85.